The first-order valence-corrected chi connectivity index (χ1v) is 12.8. The number of hydrogen-bond donors (Lipinski definition) is 2. The zero-order chi connectivity index (χ0) is 25.8. The molecule has 3 heterocycles. The summed E-state index contributed by atoms with van der Waals surface area (Å²) >= 11 is 0. The highest BCUT2D eigenvalue weighted by Crippen LogP contribution is 2.32. The van der Waals surface area contributed by atoms with Crippen molar-refractivity contribution in [2.24, 2.45) is 0 Å². The van der Waals surface area contributed by atoms with Crippen molar-refractivity contribution in [1.82, 2.24) is 20.3 Å². The van der Waals surface area contributed by atoms with Crippen LogP contribution in [0.15, 0.2) is 73.7 Å². The van der Waals surface area contributed by atoms with Crippen molar-refractivity contribution >= 4 is 16.8 Å². The number of nitrogens with one attached hydrogen (secondary N) is 2. The summed E-state index contributed by atoms with van der Waals surface area (Å²) in [6.07, 6.45) is 7.96. The molecule has 0 bridgehead atoms. The second kappa shape index (κ2) is 11.2. The van der Waals surface area contributed by atoms with Gasteiger partial charge in [0.15, 0.2) is 0 Å². The molecule has 2 aliphatic rings. The van der Waals surface area contributed by atoms with E-state index in [2.05, 4.69) is 56.6 Å². The van der Waals surface area contributed by atoms with E-state index in [0.29, 0.717) is 23.9 Å². The summed E-state index contributed by atoms with van der Waals surface area (Å²) in [4.78, 5) is 6.45. The van der Waals surface area contributed by atoms with E-state index in [9.17, 15) is 4.39 Å². The molecular weight excluding hydrogens is 465 g/mol. The molecular formula is C30H34FN5O. The predicted molar refractivity (Wildman–Crippen MR) is 147 cm³/mol. The Morgan fingerprint density at radius 2 is 2.05 bits per heavy atom. The number of likely N-dealkylation sites (tertiary alicyclic amines) is 1. The van der Waals surface area contributed by atoms with Gasteiger partial charge in [-0.3, -0.25) is 9.88 Å². The van der Waals surface area contributed by atoms with Crippen molar-refractivity contribution in [2.45, 2.75) is 25.4 Å². The maximum atomic E-state index is 14.5. The van der Waals surface area contributed by atoms with Crippen molar-refractivity contribution in [3.8, 4) is 5.75 Å². The number of hydrazine groups is 1. The number of rotatable bonds is 8. The molecule has 192 valence electrons. The maximum absolute atomic E-state index is 14.5. The third kappa shape index (κ3) is 5.38. The highest BCUT2D eigenvalue weighted by Gasteiger charge is 2.28. The molecule has 37 heavy (non-hydrogen) atoms. The fourth-order valence-corrected chi connectivity index (χ4v) is 5.28. The molecule has 0 aliphatic carbocycles. The third-order valence-corrected chi connectivity index (χ3v) is 7.31. The summed E-state index contributed by atoms with van der Waals surface area (Å²) in [7, 11) is 3.53. The van der Waals surface area contributed by atoms with Crippen molar-refractivity contribution in [2.75, 3.05) is 39.1 Å². The fraction of sp³-hybridized carbons (Fsp3) is 0.300. The Balaban J connectivity index is 1.32. The van der Waals surface area contributed by atoms with Crippen LogP contribution in [0.4, 0.5) is 10.1 Å². The minimum atomic E-state index is -0.211. The molecule has 0 radical (unpaired) electrons. The number of ether oxygens (including phenoxy) is 1. The quantitative estimate of drug-likeness (QED) is 0.447. The Morgan fingerprint density at radius 3 is 2.84 bits per heavy atom. The number of methoxy groups -OCH3 is 1. The summed E-state index contributed by atoms with van der Waals surface area (Å²) in [5.41, 5.74) is 10.7. The van der Waals surface area contributed by atoms with Crippen LogP contribution in [0.2, 0.25) is 0 Å². The van der Waals surface area contributed by atoms with Gasteiger partial charge in [-0.2, -0.15) is 0 Å². The smallest absolute Gasteiger partial charge is 0.131 e. The van der Waals surface area contributed by atoms with Gasteiger partial charge in [0.05, 0.1) is 13.2 Å². The molecule has 1 saturated heterocycles. The number of anilines is 1. The van der Waals surface area contributed by atoms with Gasteiger partial charge in [0.1, 0.15) is 11.6 Å². The Kier molecular flexibility index (Phi) is 7.53. The van der Waals surface area contributed by atoms with E-state index < -0.39 is 0 Å². The molecule has 2 aromatic carbocycles. The lowest BCUT2D eigenvalue weighted by Crippen LogP contribution is -2.49. The first-order chi connectivity index (χ1) is 18.1. The van der Waals surface area contributed by atoms with Gasteiger partial charge >= 0.3 is 0 Å². The highest BCUT2D eigenvalue weighted by molar-refractivity contribution is 5.87. The Bertz CT molecular complexity index is 1290. The minimum Gasteiger partial charge on any atom is -0.496 e. The number of benzene rings is 2. The molecule has 1 unspecified atom stereocenters. The van der Waals surface area contributed by atoms with E-state index in [1.165, 1.54) is 17.2 Å². The Labute approximate surface area is 218 Å². The number of hydrogen-bond acceptors (Lipinski definition) is 6. The zero-order valence-corrected chi connectivity index (χ0v) is 21.5. The summed E-state index contributed by atoms with van der Waals surface area (Å²) in [6.45, 7) is 7.48. The van der Waals surface area contributed by atoms with E-state index in [0.717, 1.165) is 54.9 Å². The molecule has 2 aliphatic heterocycles. The Hall–Kier alpha value is -3.68. The van der Waals surface area contributed by atoms with Crippen LogP contribution in [-0.4, -0.2) is 54.7 Å². The van der Waals surface area contributed by atoms with Crippen molar-refractivity contribution in [1.29, 1.82) is 0 Å². The zero-order valence-electron chi connectivity index (χ0n) is 21.5. The van der Waals surface area contributed by atoms with Crippen LogP contribution in [0, 0.1) is 5.82 Å². The molecule has 3 aromatic rings. The molecule has 7 heteroatoms. The molecule has 0 saturated carbocycles. The van der Waals surface area contributed by atoms with Gasteiger partial charge < -0.3 is 15.1 Å². The van der Waals surface area contributed by atoms with Gasteiger partial charge in [0.25, 0.3) is 0 Å². The summed E-state index contributed by atoms with van der Waals surface area (Å²) in [5, 5.41) is 5.54. The summed E-state index contributed by atoms with van der Waals surface area (Å²) < 4.78 is 19.9. The van der Waals surface area contributed by atoms with Crippen LogP contribution in [0.5, 0.6) is 5.75 Å². The maximum Gasteiger partial charge on any atom is 0.131 e. The van der Waals surface area contributed by atoms with Crippen molar-refractivity contribution < 1.29 is 9.13 Å². The average molecular weight is 500 g/mol. The second-order valence-corrected chi connectivity index (χ2v) is 9.57. The molecule has 0 amide bonds. The highest BCUT2D eigenvalue weighted by atomic mass is 19.1. The number of piperidine rings is 1. The van der Waals surface area contributed by atoms with Gasteiger partial charge in [-0.15, -0.1) is 0 Å². The lowest BCUT2D eigenvalue weighted by atomic mass is 9.95. The lowest BCUT2D eigenvalue weighted by molar-refractivity contribution is 0.102. The van der Waals surface area contributed by atoms with Crippen LogP contribution >= 0.6 is 0 Å². The number of nitrogens with zero attached hydrogens (tertiary/aromatic N) is 3. The van der Waals surface area contributed by atoms with Crippen LogP contribution < -0.4 is 15.5 Å². The number of halogens is 1. The lowest BCUT2D eigenvalue weighted by Gasteiger charge is -2.37. The van der Waals surface area contributed by atoms with Crippen molar-refractivity contribution in [3.05, 3.63) is 102 Å². The molecule has 0 spiro atoms. The van der Waals surface area contributed by atoms with Crippen LogP contribution in [0.1, 0.15) is 35.1 Å². The molecule has 6 nitrogen and oxygen atoms in total. The third-order valence-electron chi connectivity index (χ3n) is 7.31. The molecule has 2 N–H and O–H groups in total. The standard InChI is InChI=1S/C30H34FN5O/c1-21(22-11-13-33-14-12-22)26-16-23(9-10-29(26)32-2)24-17-34-36(18-24)25-6-5-15-35(19-25)20-27-28(31)7-4-8-30(27)37-3/h4,7-14,16,18,25,32,34H,1,5-6,15,17,19-20H2,2-3H3. The normalized spacial score (nSPS) is 18.0. The van der Waals surface area contributed by atoms with E-state index in [-0.39, 0.29) is 5.82 Å². The van der Waals surface area contributed by atoms with E-state index in [1.54, 1.807) is 25.6 Å². The van der Waals surface area contributed by atoms with Crippen molar-refractivity contribution in [3.63, 3.8) is 0 Å². The molecule has 1 aromatic heterocycles. The van der Waals surface area contributed by atoms with Gasteiger partial charge in [-0.05, 0) is 78.1 Å². The van der Waals surface area contributed by atoms with E-state index in [4.69, 9.17) is 4.74 Å². The number of aromatic nitrogens is 1. The van der Waals surface area contributed by atoms with Gasteiger partial charge in [0.2, 0.25) is 0 Å². The minimum absolute atomic E-state index is 0.211. The predicted octanol–water partition coefficient (Wildman–Crippen LogP) is 5.16. The van der Waals surface area contributed by atoms with Crippen LogP contribution in [0.25, 0.3) is 11.1 Å². The first kappa shape index (κ1) is 25.0. The van der Waals surface area contributed by atoms with Gasteiger partial charge in [-0.25, -0.2) is 9.82 Å². The monoisotopic (exact) mass is 499 g/mol. The van der Waals surface area contributed by atoms with Crippen LogP contribution in [-0.2, 0) is 6.54 Å². The molecule has 5 rings (SSSR count). The summed E-state index contributed by atoms with van der Waals surface area (Å²) in [5.74, 6) is 0.398. The largest absolute Gasteiger partial charge is 0.496 e. The first-order valence-electron chi connectivity index (χ1n) is 12.8. The molecule has 1 fully saturated rings. The Morgan fingerprint density at radius 1 is 1.22 bits per heavy atom. The van der Waals surface area contributed by atoms with E-state index in [1.807, 2.05) is 25.2 Å². The molecule has 1 atom stereocenters. The van der Waals surface area contributed by atoms with Gasteiger partial charge in [0, 0.05) is 62.1 Å². The van der Waals surface area contributed by atoms with Crippen LogP contribution in [0.3, 0.4) is 0 Å². The number of pyridine rings is 1. The summed E-state index contributed by atoms with van der Waals surface area (Å²) in [6, 6.07) is 15.8. The topological polar surface area (TPSA) is 52.7 Å². The average Bonchev–Trinajstić information content (AvgIpc) is 3.44. The second-order valence-electron chi connectivity index (χ2n) is 9.57. The van der Waals surface area contributed by atoms with Gasteiger partial charge in [-0.1, -0.05) is 18.7 Å². The van der Waals surface area contributed by atoms with E-state index >= 15 is 0 Å². The SMILES string of the molecule is C=C(c1ccncc1)c1cc(C2=CN(C3CCCN(Cc4c(F)cccc4OC)C3)NC2)ccc1NC. The fourth-order valence-electron chi connectivity index (χ4n) is 5.28.